The molecule has 1 saturated heterocycles. The molecule has 1 fully saturated rings. The van der Waals surface area contributed by atoms with Crippen molar-refractivity contribution >= 4 is 21.7 Å². The van der Waals surface area contributed by atoms with Crippen molar-refractivity contribution in [3.05, 3.63) is 23.3 Å². The number of aliphatic imine (C=N–C) groups is 1. The molecule has 1 aliphatic rings. The van der Waals surface area contributed by atoms with Gasteiger partial charge in [0.2, 0.25) is 0 Å². The summed E-state index contributed by atoms with van der Waals surface area (Å²) in [4.78, 5) is 15.5. The Kier molecular flexibility index (Phi) is 5.45. The summed E-state index contributed by atoms with van der Waals surface area (Å²) >= 11 is 0. The van der Waals surface area contributed by atoms with Crippen LogP contribution in [0.5, 0.6) is 5.75 Å². The maximum Gasteiger partial charge on any atom is 0.280 e. The van der Waals surface area contributed by atoms with Crippen molar-refractivity contribution in [3.8, 4) is 5.75 Å². The van der Waals surface area contributed by atoms with Gasteiger partial charge in [0, 0.05) is 18.4 Å². The third-order valence-corrected chi connectivity index (χ3v) is 4.81. The number of nitrogens with one attached hydrogen (secondary N) is 1. The molecular formula is C15H22N4O4S. The van der Waals surface area contributed by atoms with Gasteiger partial charge in [0.15, 0.2) is 15.8 Å². The number of hydrogen-bond donors (Lipinski definition) is 3. The fourth-order valence-corrected chi connectivity index (χ4v) is 3.36. The van der Waals surface area contributed by atoms with E-state index in [2.05, 4.69) is 10.3 Å². The lowest BCUT2D eigenvalue weighted by Crippen LogP contribution is -2.37. The summed E-state index contributed by atoms with van der Waals surface area (Å²) in [7, 11) is -3.59. The summed E-state index contributed by atoms with van der Waals surface area (Å²) < 4.78 is 30.1. The average molecular weight is 354 g/mol. The van der Waals surface area contributed by atoms with E-state index in [1.165, 1.54) is 6.07 Å². The van der Waals surface area contributed by atoms with Crippen molar-refractivity contribution in [2.45, 2.75) is 30.8 Å². The van der Waals surface area contributed by atoms with Crippen molar-refractivity contribution in [1.29, 1.82) is 0 Å². The number of nitrogens with two attached hydrogens (primary N) is 2. The highest BCUT2D eigenvalue weighted by molar-refractivity contribution is 7.90. The maximum atomic E-state index is 12.1. The molecule has 1 amide bonds. The van der Waals surface area contributed by atoms with Crippen LogP contribution in [0.3, 0.4) is 0 Å². The molecule has 0 aliphatic carbocycles. The lowest BCUT2D eigenvalue weighted by atomic mass is 10.1. The van der Waals surface area contributed by atoms with Crippen molar-refractivity contribution < 1.29 is 17.9 Å². The molecule has 9 heteroatoms. The predicted octanol–water partition coefficient (Wildman–Crippen LogP) is -0.0571. The molecule has 0 radical (unpaired) electrons. The maximum absolute atomic E-state index is 12.1. The molecule has 1 aliphatic heterocycles. The molecule has 0 bridgehead atoms. The van der Waals surface area contributed by atoms with E-state index in [0.29, 0.717) is 12.1 Å². The SMILES string of the molecule is Cc1cc(OC2CCCNC2)c(S(C)(=O)=O)cc1C(=O)N=C(N)N. The van der Waals surface area contributed by atoms with E-state index in [-0.39, 0.29) is 28.3 Å². The second-order valence-corrected chi connectivity index (χ2v) is 7.80. The molecule has 0 spiro atoms. The highest BCUT2D eigenvalue weighted by atomic mass is 32.2. The van der Waals surface area contributed by atoms with Crippen LogP contribution in [0, 0.1) is 6.92 Å². The number of carbonyl (C=O) groups excluding carboxylic acids is 1. The zero-order valence-electron chi connectivity index (χ0n) is 13.7. The minimum Gasteiger partial charge on any atom is -0.488 e. The minimum absolute atomic E-state index is 0.0483. The summed E-state index contributed by atoms with van der Waals surface area (Å²) in [6.07, 6.45) is 2.75. The number of piperidine rings is 1. The monoisotopic (exact) mass is 354 g/mol. The van der Waals surface area contributed by atoms with Gasteiger partial charge in [-0.2, -0.15) is 4.99 Å². The highest BCUT2D eigenvalue weighted by Gasteiger charge is 2.23. The molecule has 0 aromatic heterocycles. The Labute approximate surface area is 141 Å². The smallest absolute Gasteiger partial charge is 0.280 e. The van der Waals surface area contributed by atoms with Gasteiger partial charge in [-0.15, -0.1) is 0 Å². The number of hydrogen-bond acceptors (Lipinski definition) is 5. The van der Waals surface area contributed by atoms with Crippen LogP contribution in [0.25, 0.3) is 0 Å². The average Bonchev–Trinajstić information content (AvgIpc) is 2.46. The molecule has 1 unspecified atom stereocenters. The molecule has 1 aromatic rings. The van der Waals surface area contributed by atoms with Gasteiger partial charge < -0.3 is 21.5 Å². The van der Waals surface area contributed by atoms with Crippen LogP contribution in [0.15, 0.2) is 22.0 Å². The summed E-state index contributed by atoms with van der Waals surface area (Å²) in [6, 6.07) is 2.81. The molecule has 1 atom stereocenters. The Hall–Kier alpha value is -2.13. The van der Waals surface area contributed by atoms with Gasteiger partial charge in [0.25, 0.3) is 5.91 Å². The molecule has 0 saturated carbocycles. The Morgan fingerprint density at radius 2 is 2.08 bits per heavy atom. The fourth-order valence-electron chi connectivity index (χ4n) is 2.55. The van der Waals surface area contributed by atoms with E-state index in [0.717, 1.165) is 25.6 Å². The van der Waals surface area contributed by atoms with Gasteiger partial charge in [-0.05, 0) is 44.0 Å². The van der Waals surface area contributed by atoms with E-state index < -0.39 is 15.7 Å². The van der Waals surface area contributed by atoms with E-state index in [9.17, 15) is 13.2 Å². The van der Waals surface area contributed by atoms with Gasteiger partial charge in [-0.25, -0.2) is 8.42 Å². The molecule has 1 heterocycles. The second-order valence-electron chi connectivity index (χ2n) is 5.81. The normalized spacial score (nSPS) is 18.0. The van der Waals surface area contributed by atoms with Crippen LogP contribution in [-0.2, 0) is 9.84 Å². The second kappa shape index (κ2) is 7.18. The Bertz CT molecular complexity index is 764. The van der Waals surface area contributed by atoms with Crippen LogP contribution in [0.4, 0.5) is 0 Å². The Balaban J connectivity index is 2.45. The topological polar surface area (TPSA) is 137 Å². The first-order valence-corrected chi connectivity index (χ1v) is 9.43. The van der Waals surface area contributed by atoms with Crippen LogP contribution in [-0.4, -0.2) is 45.7 Å². The van der Waals surface area contributed by atoms with Crippen molar-refractivity contribution in [2.24, 2.45) is 16.5 Å². The first kappa shape index (κ1) is 18.2. The number of carbonyl (C=O) groups is 1. The molecule has 5 N–H and O–H groups in total. The molecule has 24 heavy (non-hydrogen) atoms. The van der Waals surface area contributed by atoms with Crippen LogP contribution >= 0.6 is 0 Å². The van der Waals surface area contributed by atoms with Gasteiger partial charge in [-0.3, -0.25) is 4.79 Å². The fraction of sp³-hybridized carbons (Fsp3) is 0.467. The number of nitrogens with zero attached hydrogens (tertiary/aromatic N) is 1. The minimum atomic E-state index is -3.59. The number of sulfone groups is 1. The van der Waals surface area contributed by atoms with Crippen LogP contribution in [0.2, 0.25) is 0 Å². The first-order valence-electron chi connectivity index (χ1n) is 7.54. The summed E-state index contributed by atoms with van der Waals surface area (Å²) in [5, 5.41) is 3.20. The van der Waals surface area contributed by atoms with E-state index in [1.807, 2.05) is 0 Å². The quantitative estimate of drug-likeness (QED) is 0.509. The summed E-state index contributed by atoms with van der Waals surface area (Å²) in [6.45, 7) is 3.24. The Morgan fingerprint density at radius 3 is 2.62 bits per heavy atom. The highest BCUT2D eigenvalue weighted by Crippen LogP contribution is 2.30. The van der Waals surface area contributed by atoms with E-state index in [4.69, 9.17) is 16.2 Å². The molecular weight excluding hydrogens is 332 g/mol. The zero-order chi connectivity index (χ0) is 17.9. The van der Waals surface area contributed by atoms with E-state index in [1.54, 1.807) is 13.0 Å². The first-order chi connectivity index (χ1) is 11.2. The standard InChI is InChI=1S/C15H22N4O4S/c1-9-6-12(23-10-4-3-5-18-8-10)13(24(2,21)22)7-11(9)14(20)19-15(16)17/h6-7,10,18H,3-5,8H2,1-2H3,(H4,16,17,19,20). The predicted molar refractivity (Wildman–Crippen MR) is 90.9 cm³/mol. The van der Waals surface area contributed by atoms with Gasteiger partial charge in [-0.1, -0.05) is 0 Å². The summed E-state index contributed by atoms with van der Waals surface area (Å²) in [5.74, 6) is -0.831. The molecule has 1 aromatic carbocycles. The largest absolute Gasteiger partial charge is 0.488 e. The lowest BCUT2D eigenvalue weighted by molar-refractivity contribution is 0.100. The number of ether oxygens (including phenoxy) is 1. The van der Waals surface area contributed by atoms with Gasteiger partial charge >= 0.3 is 0 Å². The van der Waals surface area contributed by atoms with Crippen LogP contribution in [0.1, 0.15) is 28.8 Å². The van der Waals surface area contributed by atoms with Crippen molar-refractivity contribution in [3.63, 3.8) is 0 Å². The Morgan fingerprint density at radius 1 is 1.38 bits per heavy atom. The third-order valence-electron chi connectivity index (χ3n) is 3.70. The number of rotatable bonds is 4. The number of benzene rings is 1. The van der Waals surface area contributed by atoms with E-state index >= 15 is 0 Å². The number of guanidine groups is 1. The number of amides is 1. The number of aryl methyl sites for hydroxylation is 1. The van der Waals surface area contributed by atoms with Crippen molar-refractivity contribution in [2.75, 3.05) is 19.3 Å². The zero-order valence-corrected chi connectivity index (χ0v) is 14.5. The molecule has 132 valence electrons. The van der Waals surface area contributed by atoms with Crippen molar-refractivity contribution in [1.82, 2.24) is 5.32 Å². The van der Waals surface area contributed by atoms with Gasteiger partial charge in [0.1, 0.15) is 16.7 Å². The molecule has 2 rings (SSSR count). The third kappa shape index (κ3) is 4.45. The summed E-state index contributed by atoms with van der Waals surface area (Å²) in [5.41, 5.74) is 11.1. The van der Waals surface area contributed by atoms with Gasteiger partial charge in [0.05, 0.1) is 0 Å². The van der Waals surface area contributed by atoms with Crippen LogP contribution < -0.4 is 21.5 Å². The molecule has 8 nitrogen and oxygen atoms in total. The lowest BCUT2D eigenvalue weighted by Gasteiger charge is -2.25.